The maximum Gasteiger partial charge on any atom is 0.326 e. The quantitative estimate of drug-likeness (QED) is 0.0341. The van der Waals surface area contributed by atoms with Gasteiger partial charge in [0, 0.05) is 6.42 Å². The number of phenols is 1. The molecular formula is C40H62N10O17. The molecule has 0 bridgehead atoms. The highest BCUT2D eigenvalue weighted by Crippen LogP contribution is 2.13. The Labute approximate surface area is 383 Å². The van der Waals surface area contributed by atoms with Crippen molar-refractivity contribution in [3.8, 4) is 5.75 Å². The molecule has 18 N–H and O–H groups in total. The van der Waals surface area contributed by atoms with Crippen molar-refractivity contribution < 1.29 is 83.4 Å². The Morgan fingerprint density at radius 2 is 0.940 bits per heavy atom. The zero-order valence-electron chi connectivity index (χ0n) is 37.3. The number of carboxylic acids is 2. The molecule has 0 heterocycles. The Balaban J connectivity index is 3.32. The zero-order valence-corrected chi connectivity index (χ0v) is 37.3. The van der Waals surface area contributed by atoms with Crippen LogP contribution in [0, 0.1) is 11.8 Å². The van der Waals surface area contributed by atoms with Gasteiger partial charge in [0.1, 0.15) is 54.1 Å². The van der Waals surface area contributed by atoms with Crippen LogP contribution >= 0.6 is 0 Å². The van der Waals surface area contributed by atoms with Gasteiger partial charge in [-0.25, -0.2) is 4.79 Å². The fourth-order valence-electron chi connectivity index (χ4n) is 5.91. The summed E-state index contributed by atoms with van der Waals surface area (Å²) in [7, 11) is 0. The first-order valence-corrected chi connectivity index (χ1v) is 20.8. The maximum absolute atomic E-state index is 13.9. The molecule has 374 valence electrons. The van der Waals surface area contributed by atoms with Gasteiger partial charge in [0.05, 0.1) is 39.2 Å². The van der Waals surface area contributed by atoms with E-state index in [1.807, 2.05) is 0 Å². The Morgan fingerprint density at radius 1 is 0.522 bits per heavy atom. The summed E-state index contributed by atoms with van der Waals surface area (Å²) < 4.78 is 0. The van der Waals surface area contributed by atoms with Crippen LogP contribution in [0.15, 0.2) is 24.3 Å². The van der Waals surface area contributed by atoms with Crippen molar-refractivity contribution in [3.05, 3.63) is 29.8 Å². The third kappa shape index (κ3) is 21.7. The lowest BCUT2D eigenvalue weighted by Crippen LogP contribution is -2.61. The van der Waals surface area contributed by atoms with E-state index in [1.165, 1.54) is 24.3 Å². The van der Waals surface area contributed by atoms with Crippen molar-refractivity contribution >= 4 is 65.1 Å². The van der Waals surface area contributed by atoms with Gasteiger partial charge in [-0.15, -0.1) is 0 Å². The summed E-state index contributed by atoms with van der Waals surface area (Å²) in [6.07, 6.45) is -2.37. The minimum Gasteiger partial charge on any atom is -0.508 e. The fourth-order valence-corrected chi connectivity index (χ4v) is 5.91. The molecule has 0 saturated heterocycles. The van der Waals surface area contributed by atoms with Crippen molar-refractivity contribution in [1.29, 1.82) is 0 Å². The van der Waals surface area contributed by atoms with Gasteiger partial charge in [0.25, 0.3) is 0 Å². The number of amides is 9. The molecule has 1 aromatic carbocycles. The fraction of sp³-hybridized carbons (Fsp3) is 0.575. The van der Waals surface area contributed by atoms with Crippen LogP contribution in [-0.4, -0.2) is 170 Å². The van der Waals surface area contributed by atoms with Crippen molar-refractivity contribution in [1.82, 2.24) is 42.5 Å². The van der Waals surface area contributed by atoms with E-state index < -0.39 is 159 Å². The highest BCUT2D eigenvalue weighted by molar-refractivity contribution is 5.99. The summed E-state index contributed by atoms with van der Waals surface area (Å²) in [4.78, 5) is 140. The topological polar surface area (TPSA) is 457 Å². The summed E-state index contributed by atoms with van der Waals surface area (Å²) in [6, 6.07) is -8.07. The van der Waals surface area contributed by atoms with Crippen LogP contribution in [0.1, 0.15) is 58.9 Å². The second-order valence-electron chi connectivity index (χ2n) is 16.1. The van der Waals surface area contributed by atoms with Crippen molar-refractivity contribution in [2.45, 2.75) is 108 Å². The number of carbonyl (C=O) groups is 11. The first kappa shape index (κ1) is 58.0. The van der Waals surface area contributed by atoms with Crippen LogP contribution in [0.4, 0.5) is 0 Å². The third-order valence-corrected chi connectivity index (χ3v) is 9.33. The lowest BCUT2D eigenvalue weighted by Gasteiger charge is -2.27. The molecule has 0 spiro atoms. The van der Waals surface area contributed by atoms with E-state index in [-0.39, 0.29) is 36.0 Å². The monoisotopic (exact) mass is 954 g/mol. The molecule has 0 aliphatic rings. The van der Waals surface area contributed by atoms with Gasteiger partial charge in [-0.1, -0.05) is 39.8 Å². The predicted octanol–water partition coefficient (Wildman–Crippen LogP) is -6.72. The van der Waals surface area contributed by atoms with Gasteiger partial charge in [0.2, 0.25) is 53.2 Å². The van der Waals surface area contributed by atoms with Crippen LogP contribution in [-0.2, 0) is 59.2 Å². The predicted molar refractivity (Wildman–Crippen MR) is 230 cm³/mol. The number of carboxylic acid groups (broad SMARTS) is 2. The molecule has 27 heteroatoms. The SMILES string of the molecule is CC(C)C[C@H](NC(=O)[C@H](CO)NC(=O)CNC(=O)[C@H](CC(C)C)NC(=O)[C@H](CC(=O)O)NC(=O)[C@H](Cc1ccc(O)cc1)NC(=O)[C@H](CO)NC(=O)[C@H](CC(N)=O)NC(=O)[C@@H](N)CO)C(=O)O. The number of phenolic OH excluding ortho intramolecular Hbond substituents is 1. The largest absolute Gasteiger partial charge is 0.508 e. The van der Waals surface area contributed by atoms with Crippen LogP contribution in [0.5, 0.6) is 5.75 Å². The van der Waals surface area contributed by atoms with Gasteiger partial charge < -0.3 is 84.6 Å². The Morgan fingerprint density at radius 3 is 1.42 bits per heavy atom. The van der Waals surface area contributed by atoms with E-state index in [4.69, 9.17) is 16.6 Å². The first-order valence-electron chi connectivity index (χ1n) is 20.8. The normalized spacial score (nSPS) is 14.6. The van der Waals surface area contributed by atoms with Crippen molar-refractivity contribution in [2.24, 2.45) is 23.3 Å². The average molecular weight is 955 g/mol. The number of nitrogens with two attached hydrogens (primary N) is 2. The minimum atomic E-state index is -1.94. The smallest absolute Gasteiger partial charge is 0.326 e. The molecule has 0 aromatic heterocycles. The van der Waals surface area contributed by atoms with E-state index >= 15 is 0 Å². The molecule has 0 unspecified atom stereocenters. The van der Waals surface area contributed by atoms with E-state index in [0.717, 1.165) is 0 Å². The molecule has 0 radical (unpaired) electrons. The van der Waals surface area contributed by atoms with E-state index in [2.05, 4.69) is 42.5 Å². The van der Waals surface area contributed by atoms with Gasteiger partial charge >= 0.3 is 11.9 Å². The summed E-state index contributed by atoms with van der Waals surface area (Å²) in [6.45, 7) is 3.01. The van der Waals surface area contributed by atoms with Gasteiger partial charge in [-0.2, -0.15) is 0 Å². The molecular weight excluding hydrogens is 892 g/mol. The third-order valence-electron chi connectivity index (χ3n) is 9.33. The summed E-state index contributed by atoms with van der Waals surface area (Å²) >= 11 is 0. The molecule has 0 fully saturated rings. The zero-order chi connectivity index (χ0) is 51.1. The van der Waals surface area contributed by atoms with E-state index in [1.54, 1.807) is 27.7 Å². The second-order valence-corrected chi connectivity index (χ2v) is 16.1. The number of aliphatic hydroxyl groups is 3. The number of carbonyl (C=O) groups excluding carboxylic acids is 9. The molecule has 8 atom stereocenters. The van der Waals surface area contributed by atoms with Crippen LogP contribution in [0.2, 0.25) is 0 Å². The van der Waals surface area contributed by atoms with Gasteiger partial charge in [-0.3, -0.25) is 47.9 Å². The highest BCUT2D eigenvalue weighted by atomic mass is 16.4. The summed E-state index contributed by atoms with van der Waals surface area (Å²) in [5.41, 5.74) is 10.9. The highest BCUT2D eigenvalue weighted by Gasteiger charge is 2.35. The Kier molecular flexibility index (Phi) is 25.0. The van der Waals surface area contributed by atoms with Gasteiger partial charge in [0.15, 0.2) is 0 Å². The van der Waals surface area contributed by atoms with E-state index in [9.17, 15) is 78.3 Å². The molecule has 27 nitrogen and oxygen atoms in total. The molecule has 1 aromatic rings. The standard InChI is InChI=1S/C40H62N10O17/c1-18(2)9-23(34(60)43-14-31(56)44-28(16-52)38(64)49-27(40(66)67)10-19(3)4)46-37(63)26(13-32(57)58)48-35(61)24(11-20-5-7-21(54)8-6-20)47-39(65)29(17-53)50-36(62)25(12-30(42)55)45-33(59)22(41)15-51/h5-8,18-19,22-29,51-54H,9-17,41H2,1-4H3,(H2,42,55)(H,43,60)(H,44,56)(H,45,59)(H,46,63)(H,47,65)(H,48,61)(H,49,64)(H,50,62)(H,57,58)(H,66,67)/t22-,23-,24-,25-,26-,27-,28-,29-/m0/s1. The summed E-state index contributed by atoms with van der Waals surface area (Å²) in [5.74, 6) is -13.6. The molecule has 9 amide bonds. The number of aliphatic hydroxyl groups excluding tert-OH is 3. The number of primary amides is 1. The first-order chi connectivity index (χ1) is 31.3. The van der Waals surface area contributed by atoms with Crippen LogP contribution < -0.4 is 54.0 Å². The van der Waals surface area contributed by atoms with Crippen molar-refractivity contribution in [2.75, 3.05) is 26.4 Å². The number of nitrogens with one attached hydrogen (secondary N) is 8. The van der Waals surface area contributed by atoms with Crippen molar-refractivity contribution in [3.63, 3.8) is 0 Å². The molecule has 0 saturated carbocycles. The lowest BCUT2D eigenvalue weighted by molar-refractivity contribution is -0.143. The lowest BCUT2D eigenvalue weighted by atomic mass is 10.0. The second kappa shape index (κ2) is 28.8. The number of aliphatic carboxylic acids is 2. The number of hydrogen-bond donors (Lipinski definition) is 16. The molecule has 0 aliphatic carbocycles. The van der Waals surface area contributed by atoms with Crippen LogP contribution in [0.3, 0.4) is 0 Å². The molecule has 67 heavy (non-hydrogen) atoms. The maximum atomic E-state index is 13.9. The number of rotatable bonds is 30. The molecule has 0 aliphatic heterocycles. The van der Waals surface area contributed by atoms with Gasteiger partial charge in [-0.05, 0) is 42.4 Å². The summed E-state index contributed by atoms with van der Waals surface area (Å²) in [5, 5.41) is 75.4. The van der Waals surface area contributed by atoms with E-state index in [0.29, 0.717) is 0 Å². The minimum absolute atomic E-state index is 0.0446. The number of hydrogen-bond acceptors (Lipinski definition) is 16. The Hall–Kier alpha value is -6.97. The van der Waals surface area contributed by atoms with Crippen LogP contribution in [0.25, 0.3) is 0 Å². The number of aromatic hydroxyl groups is 1. The number of benzene rings is 1. The Bertz CT molecular complexity index is 1920. The average Bonchev–Trinajstić information content (AvgIpc) is 3.24. The molecule has 1 rings (SSSR count).